The van der Waals surface area contributed by atoms with Gasteiger partial charge in [0.2, 0.25) is 0 Å². The van der Waals surface area contributed by atoms with Crippen molar-refractivity contribution in [3.05, 3.63) is 30.1 Å². The van der Waals surface area contributed by atoms with Crippen LogP contribution in [0.15, 0.2) is 24.3 Å². The second-order valence-corrected chi connectivity index (χ2v) is 5.02. The van der Waals surface area contributed by atoms with Crippen molar-refractivity contribution in [1.29, 1.82) is 0 Å². The molecule has 0 saturated carbocycles. The molecule has 0 spiro atoms. The van der Waals surface area contributed by atoms with Crippen LogP contribution in [0.1, 0.15) is 13.3 Å². The third-order valence-electron chi connectivity index (χ3n) is 3.13. The molecular weight excluding hydrogens is 241 g/mol. The van der Waals surface area contributed by atoms with E-state index in [9.17, 15) is 4.39 Å². The first kappa shape index (κ1) is 15.9. The number of rotatable bonds is 9. The molecule has 0 bridgehead atoms. The molecular formula is C15H26FN3. The molecule has 1 N–H and O–H groups in total. The summed E-state index contributed by atoms with van der Waals surface area (Å²) in [5.74, 6) is -0.190. The van der Waals surface area contributed by atoms with Gasteiger partial charge in [-0.2, -0.15) is 0 Å². The normalized spacial score (nSPS) is 11.3. The van der Waals surface area contributed by atoms with Gasteiger partial charge in [-0.05, 0) is 64.4 Å². The van der Waals surface area contributed by atoms with Gasteiger partial charge in [-0.25, -0.2) is 4.39 Å². The van der Waals surface area contributed by atoms with Crippen LogP contribution in [0.5, 0.6) is 0 Å². The molecule has 1 aromatic carbocycles. The van der Waals surface area contributed by atoms with Crippen LogP contribution in [0, 0.1) is 5.82 Å². The quantitative estimate of drug-likeness (QED) is 0.741. The maximum absolute atomic E-state index is 12.8. The Morgan fingerprint density at radius 3 is 2.32 bits per heavy atom. The van der Waals surface area contributed by atoms with Crippen molar-refractivity contribution in [1.82, 2.24) is 9.80 Å². The predicted octanol–water partition coefficient (Wildman–Crippen LogP) is 2.51. The minimum absolute atomic E-state index is 0.190. The second-order valence-electron chi connectivity index (χ2n) is 5.02. The number of nitrogens with one attached hydrogen (secondary N) is 1. The molecule has 1 rings (SSSR count). The maximum atomic E-state index is 12.8. The number of hydrogen-bond acceptors (Lipinski definition) is 3. The van der Waals surface area contributed by atoms with Gasteiger partial charge in [-0.1, -0.05) is 6.92 Å². The van der Waals surface area contributed by atoms with E-state index >= 15 is 0 Å². The molecule has 19 heavy (non-hydrogen) atoms. The smallest absolute Gasteiger partial charge is 0.123 e. The molecule has 0 aliphatic rings. The third kappa shape index (κ3) is 7.13. The Labute approximate surface area is 116 Å². The number of anilines is 1. The van der Waals surface area contributed by atoms with Crippen LogP contribution in [0.3, 0.4) is 0 Å². The van der Waals surface area contributed by atoms with Crippen LogP contribution in [-0.4, -0.2) is 56.6 Å². The molecule has 0 radical (unpaired) electrons. The Hall–Kier alpha value is -1.13. The van der Waals surface area contributed by atoms with Gasteiger partial charge in [-0.15, -0.1) is 0 Å². The largest absolute Gasteiger partial charge is 0.384 e. The van der Waals surface area contributed by atoms with Crippen LogP contribution in [-0.2, 0) is 0 Å². The summed E-state index contributed by atoms with van der Waals surface area (Å²) in [5.41, 5.74) is 0.978. The molecule has 0 amide bonds. The van der Waals surface area contributed by atoms with E-state index in [1.54, 1.807) is 12.1 Å². The van der Waals surface area contributed by atoms with Crippen LogP contribution in [0.25, 0.3) is 0 Å². The lowest BCUT2D eigenvalue weighted by molar-refractivity contribution is 0.275. The Morgan fingerprint density at radius 1 is 1.05 bits per heavy atom. The number of hydrogen-bond donors (Lipinski definition) is 1. The molecule has 0 atom stereocenters. The van der Waals surface area contributed by atoms with Gasteiger partial charge < -0.3 is 15.1 Å². The molecule has 4 heteroatoms. The van der Waals surface area contributed by atoms with E-state index in [4.69, 9.17) is 0 Å². The Kier molecular flexibility index (Phi) is 7.45. The second kappa shape index (κ2) is 8.88. The zero-order valence-electron chi connectivity index (χ0n) is 12.3. The fraction of sp³-hybridized carbons (Fsp3) is 0.600. The highest BCUT2D eigenvalue weighted by Gasteiger charge is 2.02. The summed E-state index contributed by atoms with van der Waals surface area (Å²) < 4.78 is 12.8. The highest BCUT2D eigenvalue weighted by molar-refractivity contribution is 5.42. The fourth-order valence-electron chi connectivity index (χ4n) is 1.96. The molecule has 0 unspecified atom stereocenters. The summed E-state index contributed by atoms with van der Waals surface area (Å²) in [6.45, 7) is 7.41. The minimum Gasteiger partial charge on any atom is -0.384 e. The van der Waals surface area contributed by atoms with Crippen molar-refractivity contribution in [3.63, 3.8) is 0 Å². The first-order valence-electron chi connectivity index (χ1n) is 6.98. The van der Waals surface area contributed by atoms with E-state index < -0.39 is 0 Å². The maximum Gasteiger partial charge on any atom is 0.123 e. The summed E-state index contributed by atoms with van der Waals surface area (Å²) in [4.78, 5) is 4.64. The minimum atomic E-state index is -0.190. The number of nitrogens with zero attached hydrogens (tertiary/aromatic N) is 2. The van der Waals surface area contributed by atoms with Crippen molar-refractivity contribution in [3.8, 4) is 0 Å². The van der Waals surface area contributed by atoms with Crippen molar-refractivity contribution in [2.24, 2.45) is 0 Å². The zero-order valence-corrected chi connectivity index (χ0v) is 12.3. The van der Waals surface area contributed by atoms with Crippen LogP contribution in [0.4, 0.5) is 10.1 Å². The molecule has 1 aromatic rings. The monoisotopic (exact) mass is 267 g/mol. The highest BCUT2D eigenvalue weighted by Crippen LogP contribution is 2.07. The van der Waals surface area contributed by atoms with E-state index in [0.717, 1.165) is 38.4 Å². The predicted molar refractivity (Wildman–Crippen MR) is 80.2 cm³/mol. The van der Waals surface area contributed by atoms with Crippen molar-refractivity contribution in [2.45, 2.75) is 13.3 Å². The average molecular weight is 267 g/mol. The summed E-state index contributed by atoms with van der Waals surface area (Å²) in [7, 11) is 4.21. The Morgan fingerprint density at radius 2 is 1.74 bits per heavy atom. The topological polar surface area (TPSA) is 18.5 Å². The fourth-order valence-corrected chi connectivity index (χ4v) is 1.96. The molecule has 3 nitrogen and oxygen atoms in total. The summed E-state index contributed by atoms with van der Waals surface area (Å²) >= 11 is 0. The summed E-state index contributed by atoms with van der Waals surface area (Å²) in [6, 6.07) is 6.52. The van der Waals surface area contributed by atoms with Gasteiger partial charge in [0.15, 0.2) is 0 Å². The number of benzene rings is 1. The van der Waals surface area contributed by atoms with Crippen LogP contribution in [0.2, 0.25) is 0 Å². The molecule has 0 saturated heterocycles. The third-order valence-corrected chi connectivity index (χ3v) is 3.13. The van der Waals surface area contributed by atoms with E-state index in [1.165, 1.54) is 18.6 Å². The van der Waals surface area contributed by atoms with Gasteiger partial charge in [-0.3, -0.25) is 0 Å². The average Bonchev–Trinajstić information content (AvgIpc) is 2.39. The standard InChI is InChI=1S/C15H26FN3/c1-4-19(12-5-11-18(2)3)13-10-17-15-8-6-14(16)7-9-15/h6-9,17H,4-5,10-13H2,1-3H3. The van der Waals surface area contributed by atoms with Gasteiger partial charge >= 0.3 is 0 Å². The van der Waals surface area contributed by atoms with Crippen molar-refractivity contribution >= 4 is 5.69 Å². The van der Waals surface area contributed by atoms with Crippen LogP contribution < -0.4 is 5.32 Å². The lowest BCUT2D eigenvalue weighted by Crippen LogP contribution is -2.31. The van der Waals surface area contributed by atoms with Crippen molar-refractivity contribution in [2.75, 3.05) is 52.1 Å². The van der Waals surface area contributed by atoms with Crippen LogP contribution >= 0.6 is 0 Å². The SMILES string of the molecule is CCN(CCCN(C)C)CCNc1ccc(F)cc1. The van der Waals surface area contributed by atoms with Gasteiger partial charge in [0.05, 0.1) is 0 Å². The summed E-state index contributed by atoms with van der Waals surface area (Å²) in [5, 5.41) is 3.32. The van der Waals surface area contributed by atoms with Gasteiger partial charge in [0, 0.05) is 18.8 Å². The number of likely N-dealkylation sites (N-methyl/N-ethyl adjacent to an activating group) is 1. The van der Waals surface area contributed by atoms with E-state index in [0.29, 0.717) is 0 Å². The molecule has 0 heterocycles. The molecule has 0 aromatic heterocycles. The molecule has 108 valence electrons. The van der Waals surface area contributed by atoms with Gasteiger partial charge in [0.25, 0.3) is 0 Å². The lowest BCUT2D eigenvalue weighted by atomic mass is 10.3. The first-order chi connectivity index (χ1) is 9.11. The van der Waals surface area contributed by atoms with E-state index in [2.05, 4.69) is 36.1 Å². The van der Waals surface area contributed by atoms with Gasteiger partial charge in [0.1, 0.15) is 5.82 Å². The number of halogens is 1. The molecule has 0 aliphatic heterocycles. The molecule has 0 aliphatic carbocycles. The zero-order chi connectivity index (χ0) is 14.1. The van der Waals surface area contributed by atoms with E-state index in [1.807, 2.05) is 0 Å². The lowest BCUT2D eigenvalue weighted by Gasteiger charge is -2.21. The Balaban J connectivity index is 2.20. The summed E-state index contributed by atoms with van der Waals surface area (Å²) in [6.07, 6.45) is 1.19. The molecule has 0 fully saturated rings. The first-order valence-corrected chi connectivity index (χ1v) is 6.98. The van der Waals surface area contributed by atoms with E-state index in [-0.39, 0.29) is 5.82 Å². The van der Waals surface area contributed by atoms with Crippen molar-refractivity contribution < 1.29 is 4.39 Å². The highest BCUT2D eigenvalue weighted by atomic mass is 19.1. The Bertz CT molecular complexity index is 338.